The Balaban J connectivity index is 2.51. The molecule has 0 aromatic carbocycles. The lowest BCUT2D eigenvalue weighted by Crippen LogP contribution is -2.21. The molecular formula is C13H24N4O. The Labute approximate surface area is 110 Å². The topological polar surface area (TPSA) is 50.3 Å². The standard InChI is InChI=1S/C13H24N4O/c1-5-6-9-18-13-10-12(15-11(2)16-13)14-7-8-17(3)4/h10H,5-9H2,1-4H3,(H,14,15,16). The van der Waals surface area contributed by atoms with E-state index in [-0.39, 0.29) is 0 Å². The molecule has 0 saturated heterocycles. The number of hydrogen-bond donors (Lipinski definition) is 1. The van der Waals surface area contributed by atoms with Crippen molar-refractivity contribution in [2.45, 2.75) is 26.7 Å². The Morgan fingerprint density at radius 2 is 2.11 bits per heavy atom. The van der Waals surface area contributed by atoms with Crippen LogP contribution in [0.15, 0.2) is 6.07 Å². The molecule has 0 amide bonds. The predicted molar refractivity (Wildman–Crippen MR) is 74.2 cm³/mol. The molecule has 5 heteroatoms. The summed E-state index contributed by atoms with van der Waals surface area (Å²) in [6.07, 6.45) is 2.17. The van der Waals surface area contributed by atoms with Gasteiger partial charge in [0.05, 0.1) is 6.61 Å². The van der Waals surface area contributed by atoms with E-state index >= 15 is 0 Å². The first-order chi connectivity index (χ1) is 8.61. The van der Waals surface area contributed by atoms with Crippen molar-refractivity contribution in [2.24, 2.45) is 0 Å². The molecule has 1 heterocycles. The summed E-state index contributed by atoms with van der Waals surface area (Å²) in [6.45, 7) is 6.56. The van der Waals surface area contributed by atoms with Crippen LogP contribution in [0.1, 0.15) is 25.6 Å². The van der Waals surface area contributed by atoms with Gasteiger partial charge < -0.3 is 15.0 Å². The number of ether oxygens (including phenoxy) is 1. The number of aromatic nitrogens is 2. The van der Waals surface area contributed by atoms with Gasteiger partial charge in [-0.25, -0.2) is 4.98 Å². The van der Waals surface area contributed by atoms with Crippen LogP contribution in [0.5, 0.6) is 5.88 Å². The average molecular weight is 252 g/mol. The zero-order valence-corrected chi connectivity index (χ0v) is 11.9. The number of unbranched alkanes of at least 4 members (excludes halogenated alkanes) is 1. The van der Waals surface area contributed by atoms with Crippen LogP contribution in [0.2, 0.25) is 0 Å². The molecule has 0 atom stereocenters. The van der Waals surface area contributed by atoms with Crippen molar-refractivity contribution in [2.75, 3.05) is 39.1 Å². The Kier molecular flexibility index (Phi) is 6.43. The van der Waals surface area contributed by atoms with E-state index < -0.39 is 0 Å². The Morgan fingerprint density at radius 1 is 1.33 bits per heavy atom. The molecule has 0 fully saturated rings. The molecule has 5 nitrogen and oxygen atoms in total. The number of hydrogen-bond acceptors (Lipinski definition) is 5. The summed E-state index contributed by atoms with van der Waals surface area (Å²) in [7, 11) is 4.10. The van der Waals surface area contributed by atoms with E-state index in [4.69, 9.17) is 4.74 Å². The fourth-order valence-electron chi connectivity index (χ4n) is 1.43. The van der Waals surface area contributed by atoms with Gasteiger partial charge in [-0.1, -0.05) is 13.3 Å². The van der Waals surface area contributed by atoms with E-state index in [1.165, 1.54) is 0 Å². The van der Waals surface area contributed by atoms with E-state index in [9.17, 15) is 0 Å². The third-order valence-electron chi connectivity index (χ3n) is 2.43. The average Bonchev–Trinajstić information content (AvgIpc) is 2.28. The summed E-state index contributed by atoms with van der Waals surface area (Å²) in [6, 6.07) is 1.86. The zero-order chi connectivity index (χ0) is 13.4. The second-order valence-electron chi connectivity index (χ2n) is 4.57. The minimum atomic E-state index is 0.656. The Hall–Kier alpha value is -1.36. The van der Waals surface area contributed by atoms with E-state index in [1.54, 1.807) is 0 Å². The molecule has 0 saturated carbocycles. The Morgan fingerprint density at radius 3 is 2.78 bits per heavy atom. The van der Waals surface area contributed by atoms with Crippen LogP contribution in [-0.2, 0) is 0 Å². The van der Waals surface area contributed by atoms with Crippen LogP contribution in [0, 0.1) is 6.92 Å². The second kappa shape index (κ2) is 7.87. The van der Waals surface area contributed by atoms with E-state index in [2.05, 4.69) is 27.1 Å². The van der Waals surface area contributed by atoms with Crippen molar-refractivity contribution < 1.29 is 4.74 Å². The predicted octanol–water partition coefficient (Wildman–Crippen LogP) is 1.94. The molecule has 0 aliphatic rings. The fourth-order valence-corrected chi connectivity index (χ4v) is 1.43. The molecule has 0 aliphatic heterocycles. The lowest BCUT2D eigenvalue weighted by molar-refractivity contribution is 0.296. The summed E-state index contributed by atoms with van der Waals surface area (Å²) >= 11 is 0. The van der Waals surface area contributed by atoms with Gasteiger partial charge in [0.15, 0.2) is 0 Å². The lowest BCUT2D eigenvalue weighted by atomic mass is 10.4. The normalized spacial score (nSPS) is 10.7. The molecule has 1 rings (SSSR count). The Bertz CT molecular complexity index is 355. The van der Waals surface area contributed by atoms with Crippen LogP contribution in [0.4, 0.5) is 5.82 Å². The van der Waals surface area contributed by atoms with Crippen molar-refractivity contribution in [3.63, 3.8) is 0 Å². The van der Waals surface area contributed by atoms with Gasteiger partial charge in [-0.05, 0) is 27.4 Å². The molecule has 102 valence electrons. The van der Waals surface area contributed by atoms with E-state index in [1.807, 2.05) is 27.1 Å². The highest BCUT2D eigenvalue weighted by atomic mass is 16.5. The summed E-state index contributed by atoms with van der Waals surface area (Å²) in [4.78, 5) is 10.7. The molecule has 0 bridgehead atoms. The molecule has 0 spiro atoms. The number of rotatable bonds is 8. The first-order valence-electron chi connectivity index (χ1n) is 6.49. The highest BCUT2D eigenvalue weighted by Crippen LogP contribution is 2.13. The third kappa shape index (κ3) is 5.82. The molecule has 18 heavy (non-hydrogen) atoms. The van der Waals surface area contributed by atoms with Crippen LogP contribution in [0.25, 0.3) is 0 Å². The molecule has 0 unspecified atom stereocenters. The number of likely N-dealkylation sites (N-methyl/N-ethyl adjacent to an activating group) is 1. The first kappa shape index (κ1) is 14.7. The number of nitrogens with zero attached hydrogens (tertiary/aromatic N) is 3. The minimum absolute atomic E-state index is 0.656. The molecule has 1 aromatic heterocycles. The highest BCUT2D eigenvalue weighted by molar-refractivity contribution is 5.38. The van der Waals surface area contributed by atoms with Crippen LogP contribution >= 0.6 is 0 Å². The molecule has 0 aliphatic carbocycles. The summed E-state index contributed by atoms with van der Waals surface area (Å²) in [5, 5.41) is 3.27. The summed E-state index contributed by atoms with van der Waals surface area (Å²) < 4.78 is 5.59. The van der Waals surface area contributed by atoms with Crippen molar-refractivity contribution >= 4 is 5.82 Å². The third-order valence-corrected chi connectivity index (χ3v) is 2.43. The van der Waals surface area contributed by atoms with Gasteiger partial charge in [0.2, 0.25) is 5.88 Å². The van der Waals surface area contributed by atoms with Crippen molar-refractivity contribution in [3.05, 3.63) is 11.9 Å². The lowest BCUT2D eigenvalue weighted by Gasteiger charge is -2.12. The maximum Gasteiger partial charge on any atom is 0.218 e. The minimum Gasteiger partial charge on any atom is -0.478 e. The maximum atomic E-state index is 5.59. The molecule has 1 aromatic rings. The first-order valence-corrected chi connectivity index (χ1v) is 6.49. The fraction of sp³-hybridized carbons (Fsp3) is 0.692. The van der Waals surface area contributed by atoms with Crippen LogP contribution in [-0.4, -0.2) is 48.7 Å². The zero-order valence-electron chi connectivity index (χ0n) is 11.9. The van der Waals surface area contributed by atoms with Gasteiger partial charge in [-0.15, -0.1) is 0 Å². The molecule has 1 N–H and O–H groups in total. The molecule has 0 radical (unpaired) electrons. The second-order valence-corrected chi connectivity index (χ2v) is 4.57. The van der Waals surface area contributed by atoms with Gasteiger partial charge in [-0.3, -0.25) is 0 Å². The van der Waals surface area contributed by atoms with Gasteiger partial charge >= 0.3 is 0 Å². The van der Waals surface area contributed by atoms with E-state index in [0.717, 1.165) is 37.6 Å². The summed E-state index contributed by atoms with van der Waals surface area (Å²) in [5.41, 5.74) is 0. The highest BCUT2D eigenvalue weighted by Gasteiger charge is 2.02. The SMILES string of the molecule is CCCCOc1cc(NCCN(C)C)nc(C)n1. The smallest absolute Gasteiger partial charge is 0.218 e. The quantitative estimate of drug-likeness (QED) is 0.717. The molecular weight excluding hydrogens is 228 g/mol. The number of nitrogens with one attached hydrogen (secondary N) is 1. The van der Waals surface area contributed by atoms with Crippen LogP contribution in [0.3, 0.4) is 0 Å². The van der Waals surface area contributed by atoms with Crippen molar-refractivity contribution in [1.29, 1.82) is 0 Å². The number of aryl methyl sites for hydroxylation is 1. The monoisotopic (exact) mass is 252 g/mol. The van der Waals surface area contributed by atoms with E-state index in [0.29, 0.717) is 12.5 Å². The van der Waals surface area contributed by atoms with Gasteiger partial charge in [0.1, 0.15) is 11.6 Å². The van der Waals surface area contributed by atoms with Gasteiger partial charge in [0.25, 0.3) is 0 Å². The summed E-state index contributed by atoms with van der Waals surface area (Å²) in [5.74, 6) is 2.22. The van der Waals surface area contributed by atoms with Gasteiger partial charge in [0, 0.05) is 19.2 Å². The van der Waals surface area contributed by atoms with Crippen molar-refractivity contribution in [3.8, 4) is 5.88 Å². The van der Waals surface area contributed by atoms with Crippen molar-refractivity contribution in [1.82, 2.24) is 14.9 Å². The maximum absolute atomic E-state index is 5.59. The largest absolute Gasteiger partial charge is 0.478 e. The van der Waals surface area contributed by atoms with Crippen LogP contribution < -0.4 is 10.1 Å². The number of anilines is 1. The van der Waals surface area contributed by atoms with Gasteiger partial charge in [-0.2, -0.15) is 4.98 Å².